The average molecular weight is 327 g/mol. The van der Waals surface area contributed by atoms with E-state index in [4.69, 9.17) is 5.11 Å². The zero-order chi connectivity index (χ0) is 15.2. The third-order valence-electron chi connectivity index (χ3n) is 3.34. The van der Waals surface area contributed by atoms with Crippen LogP contribution >= 0.6 is 11.3 Å². The van der Waals surface area contributed by atoms with Gasteiger partial charge in [0, 0.05) is 31.2 Å². The summed E-state index contributed by atoms with van der Waals surface area (Å²) < 4.78 is 27.9. The Morgan fingerprint density at radius 1 is 1.48 bits per heavy atom. The second-order valence-electron chi connectivity index (χ2n) is 4.83. The SMILES string of the molecule is Cn1cnc(S(=O)(=O)N2CCc3cc(C(=O)O)sc3C2)c1. The largest absolute Gasteiger partial charge is 0.477 e. The maximum atomic E-state index is 12.5. The molecule has 9 heteroatoms. The molecule has 0 saturated carbocycles. The summed E-state index contributed by atoms with van der Waals surface area (Å²) in [7, 11) is -1.93. The van der Waals surface area contributed by atoms with E-state index >= 15 is 0 Å². The Morgan fingerprint density at radius 2 is 2.24 bits per heavy atom. The van der Waals surface area contributed by atoms with Crippen molar-refractivity contribution in [3.05, 3.63) is 33.9 Å². The first-order valence-electron chi connectivity index (χ1n) is 6.21. The molecule has 112 valence electrons. The third-order valence-corrected chi connectivity index (χ3v) is 6.22. The lowest BCUT2D eigenvalue weighted by Gasteiger charge is -2.25. The van der Waals surface area contributed by atoms with Crippen molar-refractivity contribution >= 4 is 27.3 Å². The topological polar surface area (TPSA) is 92.5 Å². The van der Waals surface area contributed by atoms with Gasteiger partial charge in [0.1, 0.15) is 4.88 Å². The second kappa shape index (κ2) is 4.93. The standard InChI is InChI=1S/C12H13N3O4S2/c1-14-6-11(13-7-14)21(18,19)15-3-2-8-4-9(12(16)17)20-10(8)5-15/h4,6-7H,2-3,5H2,1H3,(H,16,17). The highest BCUT2D eigenvalue weighted by molar-refractivity contribution is 7.89. The molecule has 0 fully saturated rings. The van der Waals surface area contributed by atoms with Crippen LogP contribution in [-0.4, -0.2) is 39.9 Å². The summed E-state index contributed by atoms with van der Waals surface area (Å²) in [5, 5.41) is 9.02. The third kappa shape index (κ3) is 2.47. The van der Waals surface area contributed by atoms with Crippen LogP contribution < -0.4 is 0 Å². The predicted molar refractivity (Wildman–Crippen MR) is 75.8 cm³/mol. The van der Waals surface area contributed by atoms with E-state index in [2.05, 4.69) is 4.98 Å². The summed E-state index contributed by atoms with van der Waals surface area (Å²) in [6, 6.07) is 1.63. The van der Waals surface area contributed by atoms with Crippen molar-refractivity contribution in [2.75, 3.05) is 6.54 Å². The molecule has 7 nitrogen and oxygen atoms in total. The Kier molecular flexibility index (Phi) is 3.34. The highest BCUT2D eigenvalue weighted by atomic mass is 32.2. The van der Waals surface area contributed by atoms with Crippen LogP contribution in [0.3, 0.4) is 0 Å². The Labute approximate surface area is 125 Å². The van der Waals surface area contributed by atoms with E-state index < -0.39 is 16.0 Å². The van der Waals surface area contributed by atoms with Gasteiger partial charge >= 0.3 is 5.97 Å². The van der Waals surface area contributed by atoms with E-state index in [0.717, 1.165) is 21.8 Å². The van der Waals surface area contributed by atoms with E-state index in [0.29, 0.717) is 13.0 Å². The predicted octanol–water partition coefficient (Wildman–Crippen LogP) is 0.927. The van der Waals surface area contributed by atoms with Gasteiger partial charge in [0.15, 0.2) is 5.03 Å². The van der Waals surface area contributed by atoms with Crippen LogP contribution in [-0.2, 0) is 30.0 Å². The van der Waals surface area contributed by atoms with E-state index in [9.17, 15) is 13.2 Å². The van der Waals surface area contributed by atoms with Gasteiger partial charge in [-0.25, -0.2) is 18.2 Å². The molecule has 3 heterocycles. The molecule has 0 aromatic carbocycles. The number of hydrogen-bond donors (Lipinski definition) is 1. The number of fused-ring (bicyclic) bond motifs is 1. The number of hydrogen-bond acceptors (Lipinski definition) is 5. The number of aromatic nitrogens is 2. The van der Waals surface area contributed by atoms with Gasteiger partial charge in [0.05, 0.1) is 6.33 Å². The van der Waals surface area contributed by atoms with Gasteiger partial charge in [-0.1, -0.05) is 0 Å². The molecule has 0 bridgehead atoms. The molecule has 0 atom stereocenters. The van der Waals surface area contributed by atoms with Crippen molar-refractivity contribution in [2.45, 2.75) is 18.0 Å². The molecule has 1 aliphatic heterocycles. The van der Waals surface area contributed by atoms with E-state index in [1.165, 1.54) is 16.8 Å². The van der Waals surface area contributed by atoms with Crippen LogP contribution in [0.25, 0.3) is 0 Å². The Morgan fingerprint density at radius 3 is 2.86 bits per heavy atom. The number of aromatic carboxylic acids is 1. The van der Waals surface area contributed by atoms with Crippen LogP contribution in [0.1, 0.15) is 20.1 Å². The molecule has 1 N–H and O–H groups in total. The summed E-state index contributed by atoms with van der Waals surface area (Å²) in [6.07, 6.45) is 3.42. The first-order chi connectivity index (χ1) is 9.88. The lowest BCUT2D eigenvalue weighted by atomic mass is 10.1. The Hall–Kier alpha value is -1.71. The van der Waals surface area contributed by atoms with Gasteiger partial charge in [-0.15, -0.1) is 11.3 Å². The second-order valence-corrected chi connectivity index (χ2v) is 7.85. The fraction of sp³-hybridized carbons (Fsp3) is 0.333. The first-order valence-corrected chi connectivity index (χ1v) is 8.46. The number of sulfonamides is 1. The fourth-order valence-corrected chi connectivity index (χ4v) is 4.78. The zero-order valence-corrected chi connectivity index (χ0v) is 12.8. The van der Waals surface area contributed by atoms with Crippen molar-refractivity contribution in [3.8, 4) is 0 Å². The molecule has 0 aliphatic carbocycles. The number of aryl methyl sites for hydroxylation is 1. The molecule has 0 amide bonds. The van der Waals surface area contributed by atoms with Gasteiger partial charge in [-0.05, 0) is 18.1 Å². The van der Waals surface area contributed by atoms with Crippen LogP contribution in [0, 0.1) is 0 Å². The van der Waals surface area contributed by atoms with E-state index in [-0.39, 0.29) is 16.4 Å². The van der Waals surface area contributed by atoms with E-state index in [1.54, 1.807) is 17.7 Å². The van der Waals surface area contributed by atoms with Gasteiger partial charge in [0.2, 0.25) is 0 Å². The quantitative estimate of drug-likeness (QED) is 0.905. The monoisotopic (exact) mass is 327 g/mol. The molecule has 0 spiro atoms. The molecular formula is C12H13N3O4S2. The van der Waals surface area contributed by atoms with Crippen molar-refractivity contribution in [1.29, 1.82) is 0 Å². The number of thiophene rings is 1. The van der Waals surface area contributed by atoms with Gasteiger partial charge < -0.3 is 9.67 Å². The summed E-state index contributed by atoms with van der Waals surface area (Å²) >= 11 is 1.13. The van der Waals surface area contributed by atoms with Gasteiger partial charge in [-0.3, -0.25) is 0 Å². The molecule has 1 aliphatic rings. The highest BCUT2D eigenvalue weighted by Gasteiger charge is 2.31. The van der Waals surface area contributed by atoms with Crippen LogP contribution in [0.5, 0.6) is 0 Å². The lowest BCUT2D eigenvalue weighted by Crippen LogP contribution is -2.35. The molecule has 2 aromatic rings. The summed E-state index contributed by atoms with van der Waals surface area (Å²) in [4.78, 5) is 15.9. The fourth-order valence-electron chi connectivity index (χ4n) is 2.26. The van der Waals surface area contributed by atoms with Crippen LogP contribution in [0.2, 0.25) is 0 Å². The minimum atomic E-state index is -3.63. The Balaban J connectivity index is 1.90. The highest BCUT2D eigenvalue weighted by Crippen LogP contribution is 2.30. The Bertz CT molecular complexity index is 806. The molecular weight excluding hydrogens is 314 g/mol. The average Bonchev–Trinajstić information content (AvgIpc) is 3.03. The zero-order valence-electron chi connectivity index (χ0n) is 11.2. The summed E-state index contributed by atoms with van der Waals surface area (Å²) in [5.74, 6) is -0.978. The van der Waals surface area contributed by atoms with E-state index in [1.807, 2.05) is 0 Å². The number of nitrogens with zero attached hydrogens (tertiary/aromatic N) is 3. The number of carboxylic acids is 1. The maximum absolute atomic E-state index is 12.5. The van der Waals surface area contributed by atoms with Crippen molar-refractivity contribution in [1.82, 2.24) is 13.9 Å². The first kappa shape index (κ1) is 14.2. The molecule has 0 radical (unpaired) electrons. The van der Waals surface area contributed by atoms with Crippen molar-refractivity contribution < 1.29 is 18.3 Å². The van der Waals surface area contributed by atoms with Crippen molar-refractivity contribution in [3.63, 3.8) is 0 Å². The number of rotatable bonds is 3. The molecule has 3 rings (SSSR count). The summed E-state index contributed by atoms with van der Waals surface area (Å²) in [6.45, 7) is 0.536. The normalized spacial score (nSPS) is 15.9. The number of carbonyl (C=O) groups is 1. The van der Waals surface area contributed by atoms with Gasteiger partial charge in [0.25, 0.3) is 10.0 Å². The molecule has 21 heavy (non-hydrogen) atoms. The molecule has 2 aromatic heterocycles. The van der Waals surface area contributed by atoms with Crippen LogP contribution in [0.4, 0.5) is 0 Å². The molecule has 0 saturated heterocycles. The smallest absolute Gasteiger partial charge is 0.345 e. The minimum Gasteiger partial charge on any atom is -0.477 e. The van der Waals surface area contributed by atoms with Gasteiger partial charge in [-0.2, -0.15) is 4.31 Å². The number of carboxylic acid groups (broad SMARTS) is 1. The summed E-state index contributed by atoms with van der Waals surface area (Å²) in [5.41, 5.74) is 0.921. The minimum absolute atomic E-state index is 0.0171. The number of imidazole rings is 1. The molecule has 0 unspecified atom stereocenters. The maximum Gasteiger partial charge on any atom is 0.345 e. The van der Waals surface area contributed by atoms with Crippen LogP contribution in [0.15, 0.2) is 23.6 Å². The lowest BCUT2D eigenvalue weighted by molar-refractivity contribution is 0.0702. The van der Waals surface area contributed by atoms with Crippen molar-refractivity contribution in [2.24, 2.45) is 7.05 Å².